The van der Waals surface area contributed by atoms with E-state index in [9.17, 15) is 13.2 Å². The third kappa shape index (κ3) is 3.27. The van der Waals surface area contributed by atoms with E-state index in [1.165, 1.54) is 0 Å². The van der Waals surface area contributed by atoms with Crippen LogP contribution in [0.15, 0.2) is 16.9 Å². The molecule has 1 unspecified atom stereocenters. The monoisotopic (exact) mass is 327 g/mol. The number of ether oxygens (including phenoxy) is 1. The van der Waals surface area contributed by atoms with Crippen LogP contribution < -0.4 is 15.4 Å². The summed E-state index contributed by atoms with van der Waals surface area (Å²) in [6, 6.07) is 3.73. The maximum Gasteiger partial charge on any atom is 0.251 e. The van der Waals surface area contributed by atoms with Crippen molar-refractivity contribution in [1.29, 1.82) is 0 Å². The number of aromatic nitrogens is 1. The second-order valence-corrected chi connectivity index (χ2v) is 8.15. The van der Waals surface area contributed by atoms with Crippen LogP contribution in [0.4, 0.5) is 11.5 Å². The number of anilines is 2. The number of rotatable bonds is 2. The van der Waals surface area contributed by atoms with Crippen LogP contribution in [0, 0.1) is 0 Å². The lowest BCUT2D eigenvalue weighted by Crippen LogP contribution is -2.44. The van der Waals surface area contributed by atoms with Gasteiger partial charge in [0.15, 0.2) is 9.84 Å². The Bertz CT molecular complexity index is 686. The van der Waals surface area contributed by atoms with E-state index in [4.69, 9.17) is 4.74 Å². The third-order valence-electron chi connectivity index (χ3n) is 4.20. The molecule has 0 aromatic carbocycles. The topological polar surface area (TPSA) is 82.7 Å². The third-order valence-corrected chi connectivity index (χ3v) is 5.81. The number of morpholine rings is 1. The molecule has 0 saturated carbocycles. The van der Waals surface area contributed by atoms with Crippen molar-refractivity contribution < 1.29 is 13.2 Å². The lowest BCUT2D eigenvalue weighted by Gasteiger charge is -2.36. The van der Waals surface area contributed by atoms with Crippen LogP contribution in [0.5, 0.6) is 0 Å². The van der Waals surface area contributed by atoms with Crippen LogP contribution in [0.3, 0.4) is 0 Å². The molecule has 22 heavy (non-hydrogen) atoms. The lowest BCUT2D eigenvalue weighted by atomic mass is 10.2. The van der Waals surface area contributed by atoms with Gasteiger partial charge >= 0.3 is 0 Å². The van der Waals surface area contributed by atoms with Gasteiger partial charge in [-0.3, -0.25) is 4.79 Å². The van der Waals surface area contributed by atoms with Gasteiger partial charge in [0.2, 0.25) is 0 Å². The minimum absolute atomic E-state index is 0.132. The van der Waals surface area contributed by atoms with Crippen molar-refractivity contribution in [2.24, 2.45) is 0 Å². The molecule has 8 heteroatoms. The van der Waals surface area contributed by atoms with E-state index in [1.54, 1.807) is 6.07 Å². The molecule has 0 bridgehead atoms. The Labute approximate surface area is 129 Å². The van der Waals surface area contributed by atoms with Crippen molar-refractivity contribution in [3.05, 3.63) is 22.5 Å². The van der Waals surface area contributed by atoms with E-state index >= 15 is 0 Å². The first-order chi connectivity index (χ1) is 10.4. The fourth-order valence-electron chi connectivity index (χ4n) is 2.91. The average Bonchev–Trinajstić information content (AvgIpc) is 2.47. The molecular weight excluding hydrogens is 306 g/mol. The molecule has 2 aliphatic rings. The van der Waals surface area contributed by atoms with E-state index < -0.39 is 9.84 Å². The number of hydrogen-bond donors (Lipinski definition) is 1. The highest BCUT2D eigenvalue weighted by molar-refractivity contribution is 7.91. The van der Waals surface area contributed by atoms with Crippen LogP contribution >= 0.6 is 0 Å². The normalized spacial score (nSPS) is 25.2. The molecule has 3 heterocycles. The molecule has 1 N–H and O–H groups in total. The molecule has 0 amide bonds. The van der Waals surface area contributed by atoms with E-state index in [2.05, 4.69) is 16.8 Å². The van der Waals surface area contributed by atoms with E-state index in [-0.39, 0.29) is 23.1 Å². The maximum absolute atomic E-state index is 12.0. The van der Waals surface area contributed by atoms with Crippen molar-refractivity contribution in [2.45, 2.75) is 13.0 Å². The molecule has 0 spiro atoms. The fraction of sp³-hybridized carbons (Fsp3) is 0.643. The first-order valence-electron chi connectivity index (χ1n) is 7.49. The van der Waals surface area contributed by atoms with E-state index in [0.29, 0.717) is 32.1 Å². The van der Waals surface area contributed by atoms with Gasteiger partial charge in [-0.2, -0.15) is 0 Å². The molecule has 1 atom stereocenters. The van der Waals surface area contributed by atoms with Crippen molar-refractivity contribution in [1.82, 2.24) is 4.98 Å². The number of nitrogens with zero attached hydrogens (tertiary/aromatic N) is 2. The van der Waals surface area contributed by atoms with E-state index in [0.717, 1.165) is 12.2 Å². The van der Waals surface area contributed by atoms with Gasteiger partial charge in [-0.25, -0.2) is 8.42 Å². The molecule has 2 fully saturated rings. The molecule has 7 nitrogen and oxygen atoms in total. The fourth-order valence-corrected chi connectivity index (χ4v) is 4.12. The number of hydrogen-bond acceptors (Lipinski definition) is 6. The van der Waals surface area contributed by atoms with Gasteiger partial charge in [0.05, 0.1) is 24.7 Å². The zero-order chi connectivity index (χ0) is 15.7. The Hall–Kier alpha value is -1.54. The SMILES string of the molecule is CC1COCCN1c1cc(N2CCS(=O)(=O)CC2)[nH]c(=O)c1. The van der Waals surface area contributed by atoms with Crippen molar-refractivity contribution in [2.75, 3.05) is 54.2 Å². The van der Waals surface area contributed by atoms with Crippen LogP contribution in [0.25, 0.3) is 0 Å². The molecule has 0 radical (unpaired) electrons. The van der Waals surface area contributed by atoms with Gasteiger partial charge in [-0.15, -0.1) is 0 Å². The number of nitrogens with one attached hydrogen (secondary N) is 1. The Morgan fingerprint density at radius 3 is 2.64 bits per heavy atom. The summed E-state index contributed by atoms with van der Waals surface area (Å²) in [5.74, 6) is 0.955. The second-order valence-electron chi connectivity index (χ2n) is 5.84. The predicted molar refractivity (Wildman–Crippen MR) is 85.6 cm³/mol. The first-order valence-corrected chi connectivity index (χ1v) is 9.31. The molecule has 3 rings (SSSR count). The zero-order valence-electron chi connectivity index (χ0n) is 12.6. The predicted octanol–water partition coefficient (Wildman–Crippen LogP) is -0.165. The Morgan fingerprint density at radius 2 is 1.95 bits per heavy atom. The Kier molecular flexibility index (Phi) is 4.14. The molecule has 1 aromatic heterocycles. The Morgan fingerprint density at radius 1 is 1.23 bits per heavy atom. The molecule has 2 aliphatic heterocycles. The summed E-state index contributed by atoms with van der Waals surface area (Å²) in [5.41, 5.74) is 0.697. The Balaban J connectivity index is 1.85. The van der Waals surface area contributed by atoms with Crippen LogP contribution in [0.1, 0.15) is 6.92 Å². The van der Waals surface area contributed by atoms with Gasteiger partial charge in [0.1, 0.15) is 5.82 Å². The first kappa shape index (κ1) is 15.4. The number of aromatic amines is 1. The summed E-state index contributed by atoms with van der Waals surface area (Å²) in [6.45, 7) is 4.94. The van der Waals surface area contributed by atoms with Crippen LogP contribution in [-0.2, 0) is 14.6 Å². The summed E-state index contributed by atoms with van der Waals surface area (Å²) >= 11 is 0. The van der Waals surface area contributed by atoms with Crippen LogP contribution in [-0.4, -0.2) is 63.8 Å². The summed E-state index contributed by atoms with van der Waals surface area (Å²) in [6.07, 6.45) is 0. The number of pyridine rings is 1. The smallest absolute Gasteiger partial charge is 0.251 e. The summed E-state index contributed by atoms with van der Waals surface area (Å²) < 4.78 is 28.5. The zero-order valence-corrected chi connectivity index (χ0v) is 13.4. The van der Waals surface area contributed by atoms with Crippen molar-refractivity contribution in [3.63, 3.8) is 0 Å². The van der Waals surface area contributed by atoms with Gasteiger partial charge in [0, 0.05) is 43.5 Å². The molecule has 0 aliphatic carbocycles. The quantitative estimate of drug-likeness (QED) is 0.812. The minimum atomic E-state index is -2.93. The number of sulfone groups is 1. The number of H-pyrrole nitrogens is 1. The average molecular weight is 327 g/mol. The van der Waals surface area contributed by atoms with Crippen molar-refractivity contribution >= 4 is 21.3 Å². The highest BCUT2D eigenvalue weighted by Crippen LogP contribution is 2.23. The van der Waals surface area contributed by atoms with Gasteiger partial charge in [-0.05, 0) is 6.92 Å². The van der Waals surface area contributed by atoms with Crippen molar-refractivity contribution in [3.8, 4) is 0 Å². The highest BCUT2D eigenvalue weighted by Gasteiger charge is 2.24. The van der Waals surface area contributed by atoms with Gasteiger partial charge in [0.25, 0.3) is 5.56 Å². The van der Waals surface area contributed by atoms with Gasteiger partial charge < -0.3 is 19.5 Å². The summed E-state index contributed by atoms with van der Waals surface area (Å²) in [5, 5.41) is 0. The standard InChI is InChI=1S/C14H21N3O4S/c1-11-10-21-5-2-17(11)12-8-13(15-14(18)9-12)16-3-6-22(19,20)7-4-16/h8-9,11H,2-7,10H2,1H3,(H,15,18). The van der Waals surface area contributed by atoms with Crippen LogP contribution in [0.2, 0.25) is 0 Å². The highest BCUT2D eigenvalue weighted by atomic mass is 32.2. The molecular formula is C14H21N3O4S. The maximum atomic E-state index is 12.0. The van der Waals surface area contributed by atoms with Gasteiger partial charge in [-0.1, -0.05) is 0 Å². The molecule has 1 aromatic rings. The van der Waals surface area contributed by atoms with E-state index in [1.807, 2.05) is 11.0 Å². The second kappa shape index (κ2) is 5.92. The molecule has 2 saturated heterocycles. The lowest BCUT2D eigenvalue weighted by molar-refractivity contribution is 0.0989. The summed E-state index contributed by atoms with van der Waals surface area (Å²) in [4.78, 5) is 18.9. The minimum Gasteiger partial charge on any atom is -0.377 e. The largest absolute Gasteiger partial charge is 0.377 e. The molecule has 122 valence electrons. The summed E-state index contributed by atoms with van der Waals surface area (Å²) in [7, 11) is -2.93.